The molecule has 0 fully saturated rings. The SMILES string of the molecule is COc1ccc(NC(=O)CCNC(=O)c2cc3n(n2)CCCN(Cc2ccc(C)cc2)C3=O)cc1. The Bertz CT molecular complexity index is 1200. The minimum absolute atomic E-state index is 0.106. The number of amides is 3. The van der Waals surface area contributed by atoms with Gasteiger partial charge in [0.1, 0.15) is 11.4 Å². The zero-order valence-corrected chi connectivity index (χ0v) is 19.9. The molecule has 1 aliphatic rings. The second kappa shape index (κ2) is 10.9. The maximum absolute atomic E-state index is 13.1. The van der Waals surface area contributed by atoms with Gasteiger partial charge in [0.25, 0.3) is 11.8 Å². The molecule has 2 N–H and O–H groups in total. The molecule has 0 spiro atoms. The van der Waals surface area contributed by atoms with Crippen molar-refractivity contribution in [3.63, 3.8) is 0 Å². The van der Waals surface area contributed by atoms with E-state index in [0.29, 0.717) is 36.8 Å². The molecule has 0 radical (unpaired) electrons. The maximum atomic E-state index is 13.1. The highest BCUT2D eigenvalue weighted by Gasteiger charge is 2.26. The molecule has 0 bridgehead atoms. The van der Waals surface area contributed by atoms with Gasteiger partial charge >= 0.3 is 0 Å². The van der Waals surface area contributed by atoms with E-state index in [0.717, 1.165) is 12.0 Å². The predicted molar refractivity (Wildman–Crippen MR) is 131 cm³/mol. The first-order chi connectivity index (χ1) is 16.9. The van der Waals surface area contributed by atoms with Gasteiger partial charge in [0.15, 0.2) is 5.69 Å². The van der Waals surface area contributed by atoms with Gasteiger partial charge in [-0.1, -0.05) is 29.8 Å². The zero-order valence-electron chi connectivity index (χ0n) is 19.9. The lowest BCUT2D eigenvalue weighted by Gasteiger charge is -2.20. The van der Waals surface area contributed by atoms with E-state index in [1.165, 1.54) is 11.6 Å². The molecule has 0 unspecified atom stereocenters. The van der Waals surface area contributed by atoms with Gasteiger partial charge in [0.05, 0.1) is 7.11 Å². The molecule has 0 saturated carbocycles. The summed E-state index contributed by atoms with van der Waals surface area (Å²) in [6, 6.07) is 16.6. The van der Waals surface area contributed by atoms with E-state index < -0.39 is 5.91 Å². The summed E-state index contributed by atoms with van der Waals surface area (Å²) in [5.74, 6) is -0.0855. The molecular weight excluding hydrogens is 446 g/mol. The number of hydrogen-bond donors (Lipinski definition) is 2. The van der Waals surface area contributed by atoms with Crippen molar-refractivity contribution < 1.29 is 19.1 Å². The van der Waals surface area contributed by atoms with Gasteiger partial charge in [-0.3, -0.25) is 19.1 Å². The minimum atomic E-state index is -0.416. The van der Waals surface area contributed by atoms with E-state index in [4.69, 9.17) is 4.74 Å². The first-order valence-corrected chi connectivity index (χ1v) is 11.6. The van der Waals surface area contributed by atoms with Gasteiger partial charge in [0.2, 0.25) is 5.91 Å². The first kappa shape index (κ1) is 24.0. The smallest absolute Gasteiger partial charge is 0.272 e. The first-order valence-electron chi connectivity index (χ1n) is 11.6. The van der Waals surface area contributed by atoms with Crippen molar-refractivity contribution >= 4 is 23.4 Å². The number of hydrogen-bond acceptors (Lipinski definition) is 5. The maximum Gasteiger partial charge on any atom is 0.272 e. The Morgan fingerprint density at radius 2 is 1.80 bits per heavy atom. The number of carbonyl (C=O) groups is 3. The van der Waals surface area contributed by atoms with Crippen molar-refractivity contribution in [2.24, 2.45) is 0 Å². The van der Waals surface area contributed by atoms with Crippen molar-refractivity contribution in [3.05, 3.63) is 77.1 Å². The number of fused-ring (bicyclic) bond motifs is 1. The minimum Gasteiger partial charge on any atom is -0.497 e. The highest BCUT2D eigenvalue weighted by Crippen LogP contribution is 2.17. The van der Waals surface area contributed by atoms with E-state index in [1.54, 1.807) is 41.0 Å². The Morgan fingerprint density at radius 1 is 1.06 bits per heavy atom. The molecule has 9 nitrogen and oxygen atoms in total. The van der Waals surface area contributed by atoms with Crippen LogP contribution in [0.2, 0.25) is 0 Å². The molecule has 2 aromatic carbocycles. The van der Waals surface area contributed by atoms with Crippen LogP contribution in [0.4, 0.5) is 5.69 Å². The summed E-state index contributed by atoms with van der Waals surface area (Å²) in [5.41, 5.74) is 3.44. The van der Waals surface area contributed by atoms with Gasteiger partial charge in [0, 0.05) is 44.4 Å². The van der Waals surface area contributed by atoms with Gasteiger partial charge in [-0.15, -0.1) is 0 Å². The third-order valence-electron chi connectivity index (χ3n) is 5.82. The number of methoxy groups -OCH3 is 1. The fourth-order valence-electron chi connectivity index (χ4n) is 3.89. The van der Waals surface area contributed by atoms with Gasteiger partial charge < -0.3 is 20.3 Å². The summed E-state index contributed by atoms with van der Waals surface area (Å²) in [7, 11) is 1.58. The van der Waals surface area contributed by atoms with Crippen molar-refractivity contribution in [2.75, 3.05) is 25.5 Å². The number of aryl methyl sites for hydroxylation is 2. The third-order valence-corrected chi connectivity index (χ3v) is 5.82. The lowest BCUT2D eigenvalue weighted by molar-refractivity contribution is -0.116. The lowest BCUT2D eigenvalue weighted by atomic mass is 10.1. The fraction of sp³-hybridized carbons (Fsp3) is 0.308. The summed E-state index contributed by atoms with van der Waals surface area (Å²) in [5, 5.41) is 9.82. The lowest BCUT2D eigenvalue weighted by Crippen LogP contribution is -2.30. The van der Waals surface area contributed by atoms with Crippen LogP contribution in [0.3, 0.4) is 0 Å². The van der Waals surface area contributed by atoms with Crippen molar-refractivity contribution in [1.29, 1.82) is 0 Å². The molecule has 1 aliphatic heterocycles. The van der Waals surface area contributed by atoms with Crippen LogP contribution in [0.1, 0.15) is 44.9 Å². The van der Waals surface area contributed by atoms with Crippen LogP contribution in [0.15, 0.2) is 54.6 Å². The van der Waals surface area contributed by atoms with Crippen LogP contribution >= 0.6 is 0 Å². The Kier molecular flexibility index (Phi) is 7.45. The Morgan fingerprint density at radius 3 is 2.51 bits per heavy atom. The third kappa shape index (κ3) is 6.06. The Balaban J connectivity index is 1.31. The molecule has 35 heavy (non-hydrogen) atoms. The highest BCUT2D eigenvalue weighted by molar-refractivity contribution is 5.98. The van der Waals surface area contributed by atoms with Gasteiger partial charge in [-0.25, -0.2) is 0 Å². The molecule has 9 heteroatoms. The molecule has 4 rings (SSSR count). The normalized spacial score (nSPS) is 13.1. The number of ether oxygens (including phenoxy) is 1. The van der Waals surface area contributed by atoms with Crippen molar-refractivity contribution in [1.82, 2.24) is 20.0 Å². The molecule has 1 aromatic heterocycles. The topological polar surface area (TPSA) is 106 Å². The van der Waals surface area contributed by atoms with Crippen LogP contribution in [0, 0.1) is 6.92 Å². The number of nitrogens with zero attached hydrogens (tertiary/aromatic N) is 3. The predicted octanol–water partition coefficient (Wildman–Crippen LogP) is 3.00. The number of nitrogens with one attached hydrogen (secondary N) is 2. The zero-order chi connectivity index (χ0) is 24.8. The average molecular weight is 476 g/mol. The highest BCUT2D eigenvalue weighted by atomic mass is 16.5. The quantitative estimate of drug-likeness (QED) is 0.521. The van der Waals surface area contributed by atoms with Crippen LogP contribution in [0.5, 0.6) is 5.75 Å². The summed E-state index contributed by atoms with van der Waals surface area (Å²) in [6.45, 7) is 3.87. The fourth-order valence-corrected chi connectivity index (χ4v) is 3.89. The monoisotopic (exact) mass is 475 g/mol. The van der Waals surface area contributed by atoms with E-state index in [-0.39, 0.29) is 30.5 Å². The largest absolute Gasteiger partial charge is 0.497 e. The number of aromatic nitrogens is 2. The number of anilines is 1. The molecule has 0 aliphatic carbocycles. The average Bonchev–Trinajstić information content (AvgIpc) is 3.23. The summed E-state index contributed by atoms with van der Waals surface area (Å²) >= 11 is 0. The second-order valence-corrected chi connectivity index (χ2v) is 8.49. The summed E-state index contributed by atoms with van der Waals surface area (Å²) in [4.78, 5) is 39.7. The number of carbonyl (C=O) groups excluding carboxylic acids is 3. The molecule has 0 saturated heterocycles. The summed E-state index contributed by atoms with van der Waals surface area (Å²) in [6.07, 6.45) is 0.855. The van der Waals surface area contributed by atoms with Crippen molar-refractivity contribution in [3.8, 4) is 5.75 Å². The van der Waals surface area contributed by atoms with Crippen LogP contribution < -0.4 is 15.4 Å². The number of rotatable bonds is 8. The molecule has 2 heterocycles. The standard InChI is InChI=1S/C26H29N5O4/c1-18-4-6-19(7-5-18)17-30-14-3-15-31-23(26(30)34)16-22(29-31)25(33)27-13-12-24(32)28-20-8-10-21(35-2)11-9-20/h4-11,16H,3,12-15,17H2,1-2H3,(H,27,33)(H,28,32). The van der Waals surface area contributed by atoms with Gasteiger partial charge in [-0.2, -0.15) is 5.10 Å². The van der Waals surface area contributed by atoms with Crippen LogP contribution in [-0.4, -0.2) is 52.6 Å². The molecule has 182 valence electrons. The van der Waals surface area contributed by atoms with Crippen LogP contribution in [-0.2, 0) is 17.9 Å². The van der Waals surface area contributed by atoms with Gasteiger partial charge in [-0.05, 0) is 43.2 Å². The Labute approximate surface area is 204 Å². The molecule has 3 aromatic rings. The molecule has 3 amide bonds. The summed E-state index contributed by atoms with van der Waals surface area (Å²) < 4.78 is 6.70. The van der Waals surface area contributed by atoms with Crippen LogP contribution in [0.25, 0.3) is 0 Å². The molecular formula is C26H29N5O4. The van der Waals surface area contributed by atoms with E-state index >= 15 is 0 Å². The van der Waals surface area contributed by atoms with E-state index in [2.05, 4.69) is 15.7 Å². The second-order valence-electron chi connectivity index (χ2n) is 8.49. The number of benzene rings is 2. The van der Waals surface area contributed by atoms with E-state index in [1.807, 2.05) is 31.2 Å². The van der Waals surface area contributed by atoms with Crippen molar-refractivity contribution in [2.45, 2.75) is 32.9 Å². The van der Waals surface area contributed by atoms with E-state index in [9.17, 15) is 14.4 Å². The Hall–Kier alpha value is -4.14. The molecule has 0 atom stereocenters.